The molecule has 0 aromatic heterocycles. The molecule has 7 atom stereocenters. The zero-order valence-electron chi connectivity index (χ0n) is 15.0. The summed E-state index contributed by atoms with van der Waals surface area (Å²) in [4.78, 5) is 21.2. The number of aliphatic hydroxyl groups excluding tert-OH is 4. The number of nitrogens with one attached hydrogen (secondary N) is 2. The summed E-state index contributed by atoms with van der Waals surface area (Å²) in [6.07, 6.45) is -4.85. The van der Waals surface area contributed by atoms with Crippen LogP contribution in [-0.2, 0) is 14.3 Å². The highest BCUT2D eigenvalue weighted by Gasteiger charge is 2.41. The second-order valence-electron chi connectivity index (χ2n) is 5.86. The molecular formula is C14H29N3O9S2. The number of hydrogen-bond donors (Lipinski definition) is 11. The summed E-state index contributed by atoms with van der Waals surface area (Å²) in [7, 11) is 0. The van der Waals surface area contributed by atoms with Crippen LogP contribution in [0.4, 0.5) is 0 Å². The molecule has 2 unspecified atom stereocenters. The van der Waals surface area contributed by atoms with E-state index < -0.39 is 61.3 Å². The van der Waals surface area contributed by atoms with Crippen molar-refractivity contribution in [2.45, 2.75) is 42.7 Å². The first kappa shape index (κ1) is 27.3. The number of carboxylic acids is 2. The van der Waals surface area contributed by atoms with Gasteiger partial charge in [0.2, 0.25) is 0 Å². The molecule has 12 nitrogen and oxygen atoms in total. The molecular weight excluding hydrogens is 418 g/mol. The van der Waals surface area contributed by atoms with Gasteiger partial charge in [0.25, 0.3) is 0 Å². The Morgan fingerprint density at radius 1 is 0.964 bits per heavy atom. The van der Waals surface area contributed by atoms with Gasteiger partial charge >= 0.3 is 11.9 Å². The van der Waals surface area contributed by atoms with Crippen LogP contribution >= 0.6 is 25.3 Å². The molecule has 1 saturated heterocycles. The van der Waals surface area contributed by atoms with Crippen molar-refractivity contribution < 1.29 is 45.0 Å². The molecule has 1 aliphatic rings. The van der Waals surface area contributed by atoms with Crippen molar-refractivity contribution in [1.82, 2.24) is 10.6 Å². The lowest BCUT2D eigenvalue weighted by atomic mass is 9.98. The summed E-state index contributed by atoms with van der Waals surface area (Å²) in [5, 5.41) is 58.9. The molecule has 0 aromatic carbocycles. The van der Waals surface area contributed by atoms with Crippen LogP contribution in [-0.4, -0.2) is 117 Å². The third-order valence-electron chi connectivity index (χ3n) is 3.82. The van der Waals surface area contributed by atoms with Gasteiger partial charge in [-0.2, -0.15) is 25.3 Å². The smallest absolute Gasteiger partial charge is 0.321 e. The molecule has 0 aromatic rings. The minimum atomic E-state index is -1.35. The van der Waals surface area contributed by atoms with E-state index in [9.17, 15) is 19.8 Å². The molecule has 0 radical (unpaired) electrons. The Bertz CT molecular complexity index is 449. The Kier molecular flexibility index (Phi) is 14.0. The summed E-state index contributed by atoms with van der Waals surface area (Å²) in [5.41, 5.74) is 5.26. The highest BCUT2D eigenvalue weighted by atomic mass is 32.1. The van der Waals surface area contributed by atoms with Gasteiger partial charge in [-0.05, 0) is 0 Å². The molecule has 14 heteroatoms. The highest BCUT2D eigenvalue weighted by Crippen LogP contribution is 2.17. The second kappa shape index (κ2) is 14.3. The van der Waals surface area contributed by atoms with Crippen molar-refractivity contribution in [2.24, 2.45) is 5.73 Å². The summed E-state index contributed by atoms with van der Waals surface area (Å²) >= 11 is 7.76. The second-order valence-corrected chi connectivity index (χ2v) is 6.59. The quantitative estimate of drug-likeness (QED) is 0.113. The normalized spacial score (nSPS) is 29.3. The molecule has 0 aliphatic carbocycles. The summed E-state index contributed by atoms with van der Waals surface area (Å²) in [6, 6.07) is -2.48. The van der Waals surface area contributed by atoms with Gasteiger partial charge in [0.1, 0.15) is 30.4 Å². The Labute approximate surface area is 172 Å². The number of thiol groups is 2. The lowest BCUT2D eigenvalue weighted by molar-refractivity contribution is -0.248. The zero-order valence-corrected chi connectivity index (χ0v) is 16.7. The minimum absolute atomic E-state index is 0.185. The number of rotatable bonds is 10. The van der Waals surface area contributed by atoms with Gasteiger partial charge in [0, 0.05) is 24.6 Å². The van der Waals surface area contributed by atoms with Gasteiger partial charge in [-0.15, -0.1) is 0 Å². The van der Waals surface area contributed by atoms with Gasteiger partial charge in [-0.25, -0.2) is 0 Å². The first-order valence-electron chi connectivity index (χ1n) is 8.30. The molecule has 166 valence electrons. The van der Waals surface area contributed by atoms with Crippen molar-refractivity contribution in [1.29, 1.82) is 0 Å². The number of ether oxygens (including phenoxy) is 1. The summed E-state index contributed by atoms with van der Waals surface area (Å²) in [6.45, 7) is 0.242. The fraction of sp³-hybridized carbons (Fsp3) is 0.857. The summed E-state index contributed by atoms with van der Waals surface area (Å²) in [5.74, 6) is -1.58. The molecule has 10 N–H and O–H groups in total. The van der Waals surface area contributed by atoms with E-state index in [0.717, 1.165) is 0 Å². The first-order chi connectivity index (χ1) is 13.1. The van der Waals surface area contributed by atoms with E-state index in [-0.39, 0.29) is 11.5 Å². The van der Waals surface area contributed by atoms with Crippen molar-refractivity contribution in [3.63, 3.8) is 0 Å². The van der Waals surface area contributed by atoms with Crippen LogP contribution in [0, 0.1) is 0 Å². The number of nitrogens with two attached hydrogens (primary N) is 1. The fourth-order valence-electron chi connectivity index (χ4n) is 2.07. The van der Waals surface area contributed by atoms with Crippen LogP contribution in [0.5, 0.6) is 0 Å². The maximum absolute atomic E-state index is 10.6. The largest absolute Gasteiger partial charge is 0.480 e. The van der Waals surface area contributed by atoms with Gasteiger partial charge in [-0.3, -0.25) is 9.59 Å². The minimum Gasteiger partial charge on any atom is -0.480 e. The predicted molar refractivity (Wildman–Crippen MR) is 105 cm³/mol. The number of carbonyl (C=O) groups is 2. The number of aliphatic carboxylic acids is 2. The standard InChI is InChI=1S/C8H16N2O4S2.C6H13NO5/c11-7(12)5(3-15)9-1-2-10-6(4-16)8(13)14;7-3-5(10)4(9)2(1-8)12-6(3)11/h5-6,9-10,15-16H,1-4H2,(H,11,12)(H,13,14);2-6,8-11H,1,7H2/t;2-,3-,4-,5-,6-/m.1/s1. The lowest BCUT2D eigenvalue weighted by Gasteiger charge is -2.38. The Morgan fingerprint density at radius 2 is 1.39 bits per heavy atom. The molecule has 0 spiro atoms. The number of aliphatic hydroxyl groups is 4. The van der Waals surface area contributed by atoms with E-state index in [0.29, 0.717) is 13.1 Å². The van der Waals surface area contributed by atoms with Gasteiger partial charge < -0.3 is 51.7 Å². The van der Waals surface area contributed by atoms with Crippen LogP contribution in [0.1, 0.15) is 0 Å². The van der Waals surface area contributed by atoms with E-state index >= 15 is 0 Å². The van der Waals surface area contributed by atoms with Crippen LogP contribution in [0.2, 0.25) is 0 Å². The first-order valence-corrected chi connectivity index (χ1v) is 9.57. The predicted octanol–water partition coefficient (Wildman–Crippen LogP) is -4.32. The van der Waals surface area contributed by atoms with Crippen LogP contribution in [0.15, 0.2) is 0 Å². The topological polar surface area (TPSA) is 215 Å². The Balaban J connectivity index is 0.000000540. The number of hydrogen-bond acceptors (Lipinski definition) is 12. The maximum atomic E-state index is 10.6. The van der Waals surface area contributed by atoms with Gasteiger partial charge in [0.05, 0.1) is 12.6 Å². The van der Waals surface area contributed by atoms with E-state index in [4.69, 9.17) is 30.9 Å². The zero-order chi connectivity index (χ0) is 21.9. The van der Waals surface area contributed by atoms with Gasteiger partial charge in [-0.1, -0.05) is 0 Å². The monoisotopic (exact) mass is 447 g/mol. The lowest BCUT2D eigenvalue weighted by Crippen LogP contribution is -2.61. The molecule has 0 saturated carbocycles. The van der Waals surface area contributed by atoms with Gasteiger partial charge in [0.15, 0.2) is 6.29 Å². The molecule has 1 aliphatic heterocycles. The van der Waals surface area contributed by atoms with E-state index in [1.165, 1.54) is 0 Å². The fourth-order valence-corrected chi connectivity index (χ4v) is 2.64. The SMILES string of the molecule is N[C@@H]1[C@@H](O)[C@H](O)[C@@H](CO)O[C@H]1O.O=C(O)C(CS)NCCNC(CS)C(=O)O. The van der Waals surface area contributed by atoms with Crippen molar-refractivity contribution in [2.75, 3.05) is 31.2 Å². The molecule has 28 heavy (non-hydrogen) atoms. The summed E-state index contributed by atoms with van der Waals surface area (Å²) < 4.78 is 4.70. The number of carboxylic acid groups (broad SMARTS) is 2. The Hall–Kier alpha value is -0.680. The highest BCUT2D eigenvalue weighted by molar-refractivity contribution is 7.80. The maximum Gasteiger partial charge on any atom is 0.321 e. The molecule has 1 heterocycles. The van der Waals surface area contributed by atoms with Crippen LogP contribution < -0.4 is 16.4 Å². The van der Waals surface area contributed by atoms with Crippen molar-refractivity contribution >= 4 is 37.2 Å². The van der Waals surface area contributed by atoms with Crippen LogP contribution in [0.3, 0.4) is 0 Å². The van der Waals surface area contributed by atoms with E-state index in [2.05, 4.69) is 35.9 Å². The molecule has 0 bridgehead atoms. The van der Waals surface area contributed by atoms with E-state index in [1.54, 1.807) is 0 Å². The third-order valence-corrected chi connectivity index (χ3v) is 4.55. The average molecular weight is 448 g/mol. The Morgan fingerprint density at radius 3 is 1.71 bits per heavy atom. The molecule has 0 amide bonds. The van der Waals surface area contributed by atoms with Crippen molar-refractivity contribution in [3.8, 4) is 0 Å². The molecule has 1 fully saturated rings. The van der Waals surface area contributed by atoms with Crippen molar-refractivity contribution in [3.05, 3.63) is 0 Å². The van der Waals surface area contributed by atoms with E-state index in [1.807, 2.05) is 0 Å². The molecule has 1 rings (SSSR count). The third kappa shape index (κ3) is 9.21. The van der Waals surface area contributed by atoms with Crippen LogP contribution in [0.25, 0.3) is 0 Å². The average Bonchev–Trinajstić information content (AvgIpc) is 2.65.